The van der Waals surface area contributed by atoms with E-state index in [-0.39, 0.29) is 18.1 Å². The minimum absolute atomic E-state index is 0.0437. The molecular weight excluding hydrogens is 292 g/mol. The van der Waals surface area contributed by atoms with Crippen molar-refractivity contribution in [2.75, 3.05) is 5.73 Å². The van der Waals surface area contributed by atoms with Gasteiger partial charge in [-0.15, -0.1) is 0 Å². The van der Waals surface area contributed by atoms with E-state index in [9.17, 15) is 13.6 Å². The number of nitrogens with one attached hydrogen (secondary N) is 1. The van der Waals surface area contributed by atoms with Crippen LogP contribution in [0.4, 0.5) is 14.6 Å². The maximum absolute atomic E-state index is 13.1. The van der Waals surface area contributed by atoms with Crippen LogP contribution in [0, 0.1) is 11.6 Å². The van der Waals surface area contributed by atoms with Crippen molar-refractivity contribution in [3.63, 3.8) is 0 Å². The second kappa shape index (κ2) is 5.40. The summed E-state index contributed by atoms with van der Waals surface area (Å²) in [6.45, 7) is 0.0437. The number of nitrogens with zero attached hydrogens (tertiary/aromatic N) is 3. The number of nitrogen functional groups attached to an aromatic ring is 1. The van der Waals surface area contributed by atoms with Gasteiger partial charge in [0.2, 0.25) is 0 Å². The van der Waals surface area contributed by atoms with Crippen molar-refractivity contribution in [2.45, 2.75) is 6.54 Å². The number of amides is 1. The number of halogens is 2. The van der Waals surface area contributed by atoms with Gasteiger partial charge in [0.25, 0.3) is 5.91 Å². The average molecular weight is 303 g/mol. The third-order valence-electron chi connectivity index (χ3n) is 3.06. The Morgan fingerprint density at radius 1 is 1.23 bits per heavy atom. The molecule has 2 aromatic heterocycles. The summed E-state index contributed by atoms with van der Waals surface area (Å²) in [4.78, 5) is 16.2. The molecule has 22 heavy (non-hydrogen) atoms. The molecule has 1 amide bonds. The lowest BCUT2D eigenvalue weighted by Gasteiger charge is -2.07. The van der Waals surface area contributed by atoms with E-state index in [4.69, 9.17) is 5.73 Å². The monoisotopic (exact) mass is 303 g/mol. The van der Waals surface area contributed by atoms with Crippen molar-refractivity contribution < 1.29 is 13.6 Å². The van der Waals surface area contributed by atoms with Gasteiger partial charge in [-0.2, -0.15) is 9.61 Å². The fraction of sp³-hybridized carbons (Fsp3) is 0.0714. The standard InChI is InChI=1S/C14H11F2N5O/c15-9-2-1-8(5-10(9)16)7-18-14(22)11-6-12(17)21-13(20-11)3-4-19-21/h1-6H,7,17H2,(H,18,22). The van der Waals surface area contributed by atoms with Crippen molar-refractivity contribution >= 4 is 17.4 Å². The summed E-state index contributed by atoms with van der Waals surface area (Å²) in [6, 6.07) is 6.42. The largest absolute Gasteiger partial charge is 0.384 e. The van der Waals surface area contributed by atoms with Gasteiger partial charge >= 0.3 is 0 Å². The van der Waals surface area contributed by atoms with Gasteiger partial charge in [0.1, 0.15) is 11.5 Å². The SMILES string of the molecule is Nc1cc(C(=O)NCc2ccc(F)c(F)c2)nc2ccnn12. The van der Waals surface area contributed by atoms with Crippen LogP contribution < -0.4 is 11.1 Å². The van der Waals surface area contributed by atoms with Gasteiger partial charge in [-0.05, 0) is 17.7 Å². The lowest BCUT2D eigenvalue weighted by molar-refractivity contribution is 0.0946. The van der Waals surface area contributed by atoms with E-state index in [2.05, 4.69) is 15.4 Å². The highest BCUT2D eigenvalue weighted by molar-refractivity contribution is 5.93. The highest BCUT2D eigenvalue weighted by Gasteiger charge is 2.11. The number of nitrogens with two attached hydrogens (primary N) is 1. The molecule has 0 aliphatic heterocycles. The summed E-state index contributed by atoms with van der Waals surface area (Å²) >= 11 is 0. The van der Waals surface area contributed by atoms with E-state index in [1.807, 2.05) is 0 Å². The minimum Gasteiger partial charge on any atom is -0.384 e. The van der Waals surface area contributed by atoms with Crippen LogP contribution in [-0.4, -0.2) is 20.5 Å². The smallest absolute Gasteiger partial charge is 0.270 e. The zero-order valence-corrected chi connectivity index (χ0v) is 11.3. The van der Waals surface area contributed by atoms with Crippen LogP contribution in [0.3, 0.4) is 0 Å². The molecule has 6 nitrogen and oxygen atoms in total. The van der Waals surface area contributed by atoms with Gasteiger partial charge in [0.15, 0.2) is 17.3 Å². The Hall–Kier alpha value is -3.03. The van der Waals surface area contributed by atoms with Crippen LogP contribution >= 0.6 is 0 Å². The zero-order valence-electron chi connectivity index (χ0n) is 11.3. The van der Waals surface area contributed by atoms with E-state index in [1.54, 1.807) is 6.07 Å². The van der Waals surface area contributed by atoms with Crippen molar-refractivity contribution in [2.24, 2.45) is 0 Å². The van der Waals surface area contributed by atoms with Crippen molar-refractivity contribution in [3.05, 3.63) is 59.4 Å². The van der Waals surface area contributed by atoms with Crippen molar-refractivity contribution in [3.8, 4) is 0 Å². The quantitative estimate of drug-likeness (QED) is 0.768. The predicted octanol–water partition coefficient (Wildman–Crippen LogP) is 1.52. The van der Waals surface area contributed by atoms with Crippen molar-refractivity contribution in [1.82, 2.24) is 19.9 Å². The molecule has 1 aromatic carbocycles. The number of fused-ring (bicyclic) bond motifs is 1. The fourth-order valence-electron chi connectivity index (χ4n) is 1.98. The van der Waals surface area contributed by atoms with Crippen LogP contribution in [0.1, 0.15) is 16.1 Å². The lowest BCUT2D eigenvalue weighted by Crippen LogP contribution is -2.24. The zero-order chi connectivity index (χ0) is 15.7. The Morgan fingerprint density at radius 3 is 2.82 bits per heavy atom. The van der Waals surface area contributed by atoms with Gasteiger partial charge in [-0.25, -0.2) is 13.8 Å². The van der Waals surface area contributed by atoms with E-state index < -0.39 is 17.5 Å². The number of hydrogen-bond donors (Lipinski definition) is 2. The molecule has 112 valence electrons. The highest BCUT2D eigenvalue weighted by Crippen LogP contribution is 2.10. The molecule has 0 bridgehead atoms. The lowest BCUT2D eigenvalue weighted by atomic mass is 10.2. The molecule has 0 aliphatic carbocycles. The number of rotatable bonds is 3. The molecule has 0 radical (unpaired) electrons. The molecule has 3 rings (SSSR count). The Labute approximate surface area is 123 Å². The first-order valence-corrected chi connectivity index (χ1v) is 6.37. The molecule has 0 unspecified atom stereocenters. The number of aromatic nitrogens is 3. The number of carbonyl (C=O) groups is 1. The number of carbonyl (C=O) groups excluding carboxylic acids is 1. The normalized spacial score (nSPS) is 10.8. The summed E-state index contributed by atoms with van der Waals surface area (Å²) in [5, 5.41) is 6.52. The maximum Gasteiger partial charge on any atom is 0.270 e. The van der Waals surface area contributed by atoms with Gasteiger partial charge in [0.05, 0.1) is 6.20 Å². The first-order valence-electron chi connectivity index (χ1n) is 6.37. The van der Waals surface area contributed by atoms with Crippen LogP contribution in [0.25, 0.3) is 5.65 Å². The third kappa shape index (κ3) is 2.58. The molecule has 3 aromatic rings. The number of benzene rings is 1. The Morgan fingerprint density at radius 2 is 2.05 bits per heavy atom. The van der Waals surface area contributed by atoms with Crippen LogP contribution in [0.2, 0.25) is 0 Å². The molecule has 0 atom stereocenters. The summed E-state index contributed by atoms with van der Waals surface area (Å²) in [5.41, 5.74) is 6.77. The Bertz CT molecular complexity index is 862. The Kier molecular flexibility index (Phi) is 3.42. The molecule has 2 heterocycles. The Balaban J connectivity index is 1.76. The molecule has 0 aliphatic rings. The number of hydrogen-bond acceptors (Lipinski definition) is 4. The molecule has 0 fully saturated rings. The van der Waals surface area contributed by atoms with E-state index >= 15 is 0 Å². The van der Waals surface area contributed by atoms with E-state index in [0.717, 1.165) is 12.1 Å². The van der Waals surface area contributed by atoms with Crippen LogP contribution in [0.15, 0.2) is 36.5 Å². The molecular formula is C14H11F2N5O. The van der Waals surface area contributed by atoms with Gasteiger partial charge < -0.3 is 11.1 Å². The van der Waals surface area contributed by atoms with Gasteiger partial charge in [0, 0.05) is 18.7 Å². The second-order valence-corrected chi connectivity index (χ2v) is 4.60. The summed E-state index contributed by atoms with van der Waals surface area (Å²) in [6.07, 6.45) is 1.52. The summed E-state index contributed by atoms with van der Waals surface area (Å²) in [7, 11) is 0. The van der Waals surface area contributed by atoms with Gasteiger partial charge in [-0.3, -0.25) is 4.79 Å². The summed E-state index contributed by atoms with van der Waals surface area (Å²) in [5.74, 6) is -2.10. The fourth-order valence-corrected chi connectivity index (χ4v) is 1.98. The average Bonchev–Trinajstić information content (AvgIpc) is 2.97. The highest BCUT2D eigenvalue weighted by atomic mass is 19.2. The third-order valence-corrected chi connectivity index (χ3v) is 3.06. The number of anilines is 1. The van der Waals surface area contributed by atoms with Crippen LogP contribution in [0.5, 0.6) is 0 Å². The topological polar surface area (TPSA) is 85.3 Å². The summed E-state index contributed by atoms with van der Waals surface area (Å²) < 4.78 is 27.3. The molecule has 0 spiro atoms. The first-order chi connectivity index (χ1) is 10.5. The van der Waals surface area contributed by atoms with E-state index in [1.165, 1.54) is 22.8 Å². The van der Waals surface area contributed by atoms with Gasteiger partial charge in [-0.1, -0.05) is 6.07 Å². The molecule has 3 N–H and O–H groups in total. The van der Waals surface area contributed by atoms with Crippen molar-refractivity contribution in [1.29, 1.82) is 0 Å². The first kappa shape index (κ1) is 13.9. The second-order valence-electron chi connectivity index (χ2n) is 4.60. The molecule has 8 heteroatoms. The maximum atomic E-state index is 13.1. The van der Waals surface area contributed by atoms with E-state index in [0.29, 0.717) is 11.2 Å². The predicted molar refractivity (Wildman–Crippen MR) is 74.9 cm³/mol. The molecule has 0 saturated heterocycles. The molecule has 0 saturated carbocycles. The van der Waals surface area contributed by atoms with Crippen LogP contribution in [-0.2, 0) is 6.54 Å². The minimum atomic E-state index is -0.963.